The lowest BCUT2D eigenvalue weighted by Gasteiger charge is -2.10. The summed E-state index contributed by atoms with van der Waals surface area (Å²) in [5, 5.41) is 6.54. The lowest BCUT2D eigenvalue weighted by Crippen LogP contribution is -2.12. The number of nitrogen functional groups attached to an aromatic ring is 1. The molecule has 1 saturated heterocycles. The van der Waals surface area contributed by atoms with Crippen molar-refractivity contribution in [3.63, 3.8) is 0 Å². The molecular formula is C15H18N4O3S. The minimum atomic E-state index is -0.144. The maximum absolute atomic E-state index is 5.71. The van der Waals surface area contributed by atoms with Crippen LogP contribution in [-0.4, -0.2) is 37.3 Å². The Bertz CT molecular complexity index is 656. The molecular weight excluding hydrogens is 316 g/mol. The highest BCUT2D eigenvalue weighted by Crippen LogP contribution is 2.17. The van der Waals surface area contributed by atoms with Gasteiger partial charge in [-0.25, -0.2) is 4.98 Å². The first kappa shape index (κ1) is 15.7. The predicted molar refractivity (Wildman–Crippen MR) is 90.0 cm³/mol. The number of nitrogens with one attached hydrogen (secondary N) is 1. The topological polar surface area (TPSA) is 91.0 Å². The molecule has 2 aromatic rings. The van der Waals surface area contributed by atoms with Gasteiger partial charge in [-0.05, 0) is 17.7 Å². The third kappa shape index (κ3) is 4.92. The lowest BCUT2D eigenvalue weighted by molar-refractivity contribution is -0.0531. The van der Waals surface area contributed by atoms with Gasteiger partial charge in [0.2, 0.25) is 5.13 Å². The van der Waals surface area contributed by atoms with E-state index in [1.807, 2.05) is 24.3 Å². The van der Waals surface area contributed by atoms with Gasteiger partial charge in [0.25, 0.3) is 0 Å². The van der Waals surface area contributed by atoms with Crippen molar-refractivity contribution < 1.29 is 14.2 Å². The number of benzene rings is 1. The van der Waals surface area contributed by atoms with E-state index in [2.05, 4.69) is 15.5 Å². The molecule has 1 aromatic heterocycles. The van der Waals surface area contributed by atoms with Gasteiger partial charge in [-0.15, -0.1) is 11.3 Å². The number of hydrogen-bond acceptors (Lipinski definition) is 8. The quantitative estimate of drug-likeness (QED) is 0.596. The molecule has 1 fully saturated rings. The van der Waals surface area contributed by atoms with E-state index < -0.39 is 0 Å². The van der Waals surface area contributed by atoms with Crippen molar-refractivity contribution in [3.8, 4) is 5.75 Å². The summed E-state index contributed by atoms with van der Waals surface area (Å²) in [7, 11) is 0. The standard InChI is InChI=1S/C15H18N4O3S/c16-13-10-23-15(18-13)19-17-9-11-2-1-3-12(8-11)20-5-4-14-21-6-7-22-14/h1-3,8-10,14H,4-7,16H2,(H,18,19). The molecule has 3 rings (SSSR count). The number of anilines is 2. The highest BCUT2D eigenvalue weighted by atomic mass is 32.1. The van der Waals surface area contributed by atoms with Crippen molar-refractivity contribution in [2.45, 2.75) is 12.7 Å². The van der Waals surface area contributed by atoms with Crippen molar-refractivity contribution >= 4 is 28.5 Å². The fraction of sp³-hybridized carbons (Fsp3) is 0.333. The van der Waals surface area contributed by atoms with E-state index in [9.17, 15) is 0 Å². The normalized spacial score (nSPS) is 15.3. The van der Waals surface area contributed by atoms with Gasteiger partial charge in [0, 0.05) is 11.8 Å². The van der Waals surface area contributed by atoms with E-state index in [0.29, 0.717) is 37.2 Å². The molecule has 7 nitrogen and oxygen atoms in total. The minimum absolute atomic E-state index is 0.144. The molecule has 23 heavy (non-hydrogen) atoms. The zero-order chi connectivity index (χ0) is 15.9. The van der Waals surface area contributed by atoms with Gasteiger partial charge in [-0.3, -0.25) is 5.43 Å². The Kier molecular flexibility index (Phi) is 5.41. The number of hydrogen-bond donors (Lipinski definition) is 2. The first-order chi connectivity index (χ1) is 11.3. The Balaban J connectivity index is 1.48. The molecule has 0 bridgehead atoms. The van der Waals surface area contributed by atoms with Crippen LogP contribution in [0.15, 0.2) is 34.7 Å². The van der Waals surface area contributed by atoms with Crippen LogP contribution in [0.4, 0.5) is 10.9 Å². The summed E-state index contributed by atoms with van der Waals surface area (Å²) in [4.78, 5) is 4.06. The van der Waals surface area contributed by atoms with Crippen LogP contribution in [0.3, 0.4) is 0 Å². The van der Waals surface area contributed by atoms with Crippen LogP contribution < -0.4 is 15.9 Å². The zero-order valence-corrected chi connectivity index (χ0v) is 13.3. The van der Waals surface area contributed by atoms with Crippen LogP contribution >= 0.6 is 11.3 Å². The van der Waals surface area contributed by atoms with Crippen molar-refractivity contribution in [3.05, 3.63) is 35.2 Å². The maximum atomic E-state index is 5.71. The molecule has 0 amide bonds. The van der Waals surface area contributed by atoms with Gasteiger partial charge in [0.15, 0.2) is 6.29 Å². The molecule has 0 atom stereocenters. The zero-order valence-electron chi connectivity index (χ0n) is 12.5. The molecule has 8 heteroatoms. The Morgan fingerprint density at radius 3 is 3.09 bits per heavy atom. The van der Waals surface area contributed by atoms with Crippen molar-refractivity contribution in [2.24, 2.45) is 5.10 Å². The fourth-order valence-electron chi connectivity index (χ4n) is 2.03. The number of hydrazone groups is 1. The summed E-state index contributed by atoms with van der Waals surface area (Å²) < 4.78 is 16.4. The molecule has 0 aliphatic carbocycles. The van der Waals surface area contributed by atoms with Crippen molar-refractivity contribution in [2.75, 3.05) is 31.0 Å². The van der Waals surface area contributed by atoms with Gasteiger partial charge < -0.3 is 19.9 Å². The average molecular weight is 334 g/mol. The number of thiazole rings is 1. The average Bonchev–Trinajstić information content (AvgIpc) is 3.20. The molecule has 1 aromatic carbocycles. The second-order valence-corrected chi connectivity index (χ2v) is 5.69. The Morgan fingerprint density at radius 2 is 2.30 bits per heavy atom. The first-order valence-corrected chi connectivity index (χ1v) is 8.14. The van der Waals surface area contributed by atoms with Crippen LogP contribution in [-0.2, 0) is 9.47 Å². The fourth-order valence-corrected chi connectivity index (χ4v) is 2.58. The maximum Gasteiger partial charge on any atom is 0.205 e. The lowest BCUT2D eigenvalue weighted by atomic mass is 10.2. The number of ether oxygens (including phenoxy) is 3. The number of rotatable bonds is 7. The predicted octanol–water partition coefficient (Wildman–Crippen LogP) is 2.31. The van der Waals surface area contributed by atoms with E-state index in [1.54, 1.807) is 11.6 Å². The minimum Gasteiger partial charge on any atom is -0.493 e. The second kappa shape index (κ2) is 7.91. The Hall–Kier alpha value is -2.16. The number of nitrogens with two attached hydrogens (primary N) is 1. The van der Waals surface area contributed by atoms with Crippen molar-refractivity contribution in [1.82, 2.24) is 4.98 Å². The summed E-state index contributed by atoms with van der Waals surface area (Å²) in [5.41, 5.74) is 9.31. The third-order valence-corrected chi connectivity index (χ3v) is 3.83. The molecule has 1 aliphatic heterocycles. The monoisotopic (exact) mass is 334 g/mol. The first-order valence-electron chi connectivity index (χ1n) is 7.26. The van der Waals surface area contributed by atoms with E-state index in [4.69, 9.17) is 19.9 Å². The van der Waals surface area contributed by atoms with Crippen LogP contribution in [0.5, 0.6) is 5.75 Å². The SMILES string of the molecule is Nc1csc(NN=Cc2cccc(OCCC3OCCO3)c2)n1. The number of nitrogens with zero attached hydrogens (tertiary/aromatic N) is 2. The van der Waals surface area contributed by atoms with Gasteiger partial charge in [-0.2, -0.15) is 5.10 Å². The summed E-state index contributed by atoms with van der Waals surface area (Å²) in [6, 6.07) is 7.68. The molecule has 3 N–H and O–H groups in total. The van der Waals surface area contributed by atoms with E-state index in [-0.39, 0.29) is 6.29 Å². The Labute approximate surface area is 138 Å². The largest absolute Gasteiger partial charge is 0.493 e. The van der Waals surface area contributed by atoms with Gasteiger partial charge >= 0.3 is 0 Å². The van der Waals surface area contributed by atoms with Crippen LogP contribution in [0, 0.1) is 0 Å². The highest BCUT2D eigenvalue weighted by Gasteiger charge is 2.15. The van der Waals surface area contributed by atoms with Crippen molar-refractivity contribution in [1.29, 1.82) is 0 Å². The molecule has 0 spiro atoms. The number of aromatic nitrogens is 1. The summed E-state index contributed by atoms with van der Waals surface area (Å²) in [6.07, 6.45) is 2.27. The summed E-state index contributed by atoms with van der Waals surface area (Å²) in [6.45, 7) is 1.87. The van der Waals surface area contributed by atoms with E-state index >= 15 is 0 Å². The molecule has 122 valence electrons. The Morgan fingerprint density at radius 1 is 1.43 bits per heavy atom. The van der Waals surface area contributed by atoms with E-state index in [0.717, 1.165) is 11.3 Å². The van der Waals surface area contributed by atoms with E-state index in [1.165, 1.54) is 11.3 Å². The van der Waals surface area contributed by atoms with Gasteiger partial charge in [-0.1, -0.05) is 12.1 Å². The summed E-state index contributed by atoms with van der Waals surface area (Å²) >= 11 is 1.40. The van der Waals surface area contributed by atoms with Gasteiger partial charge in [0.1, 0.15) is 11.6 Å². The molecule has 0 saturated carbocycles. The second-order valence-electron chi connectivity index (χ2n) is 4.83. The third-order valence-electron chi connectivity index (χ3n) is 3.07. The van der Waals surface area contributed by atoms with Crippen LogP contribution in [0.1, 0.15) is 12.0 Å². The molecule has 1 aliphatic rings. The van der Waals surface area contributed by atoms with Crippen LogP contribution in [0.25, 0.3) is 0 Å². The van der Waals surface area contributed by atoms with Gasteiger partial charge in [0.05, 0.1) is 26.0 Å². The molecule has 0 unspecified atom stereocenters. The van der Waals surface area contributed by atoms with Crippen LogP contribution in [0.2, 0.25) is 0 Å². The smallest absolute Gasteiger partial charge is 0.205 e. The molecule has 2 heterocycles. The molecule has 0 radical (unpaired) electrons. The summed E-state index contributed by atoms with van der Waals surface area (Å²) in [5.74, 6) is 1.27. The highest BCUT2D eigenvalue weighted by molar-refractivity contribution is 7.14.